The first kappa shape index (κ1) is 12.6. The number of rotatable bonds is 4. The Morgan fingerprint density at radius 3 is 2.19 bits per heavy atom. The number of carbonyl (C=O) groups excluding carboxylic acids is 2. The number of Topliss-reactive ketones (excluding diaryl/α,β-unsaturated/α-hetero) is 1. The number of aldehydes is 1. The standard InChI is InChI=1S/C14H18O2/c1-9-5-11(3)14(12(4)6-9)13(16)7-10(2)8-15/h5-6,8,10H,7H2,1-4H3. The zero-order valence-electron chi connectivity index (χ0n) is 10.3. The van der Waals surface area contributed by atoms with Crippen molar-refractivity contribution in [3.8, 4) is 0 Å². The lowest BCUT2D eigenvalue weighted by Crippen LogP contribution is -2.10. The first-order valence-electron chi connectivity index (χ1n) is 5.52. The quantitative estimate of drug-likeness (QED) is 0.575. The number of benzene rings is 1. The molecule has 1 unspecified atom stereocenters. The average molecular weight is 218 g/mol. The summed E-state index contributed by atoms with van der Waals surface area (Å²) in [6, 6.07) is 4.01. The van der Waals surface area contributed by atoms with Crippen molar-refractivity contribution in [3.63, 3.8) is 0 Å². The van der Waals surface area contributed by atoms with Crippen molar-refractivity contribution in [2.45, 2.75) is 34.1 Å². The molecule has 2 heteroatoms. The lowest BCUT2D eigenvalue weighted by molar-refractivity contribution is -0.110. The predicted molar refractivity (Wildman–Crippen MR) is 64.8 cm³/mol. The van der Waals surface area contributed by atoms with Crippen LogP contribution in [-0.4, -0.2) is 12.1 Å². The zero-order valence-corrected chi connectivity index (χ0v) is 10.3. The van der Waals surface area contributed by atoms with Crippen LogP contribution in [0.15, 0.2) is 12.1 Å². The van der Waals surface area contributed by atoms with Crippen LogP contribution in [0.3, 0.4) is 0 Å². The van der Waals surface area contributed by atoms with Gasteiger partial charge in [0.25, 0.3) is 0 Å². The molecule has 0 bridgehead atoms. The molecule has 0 heterocycles. The molecular weight excluding hydrogens is 200 g/mol. The molecule has 0 aromatic heterocycles. The second-order valence-electron chi connectivity index (χ2n) is 4.51. The molecule has 0 radical (unpaired) electrons. The van der Waals surface area contributed by atoms with Crippen LogP contribution < -0.4 is 0 Å². The predicted octanol–water partition coefficient (Wildman–Crippen LogP) is 3.02. The van der Waals surface area contributed by atoms with Gasteiger partial charge in [-0.2, -0.15) is 0 Å². The van der Waals surface area contributed by atoms with Crippen LogP contribution in [0.5, 0.6) is 0 Å². The highest BCUT2D eigenvalue weighted by molar-refractivity contribution is 5.99. The Hall–Kier alpha value is -1.44. The van der Waals surface area contributed by atoms with Crippen molar-refractivity contribution < 1.29 is 9.59 Å². The fourth-order valence-electron chi connectivity index (χ4n) is 2.06. The monoisotopic (exact) mass is 218 g/mol. The van der Waals surface area contributed by atoms with E-state index in [-0.39, 0.29) is 11.7 Å². The van der Waals surface area contributed by atoms with Crippen LogP contribution in [0.2, 0.25) is 0 Å². The van der Waals surface area contributed by atoms with E-state index < -0.39 is 0 Å². The third kappa shape index (κ3) is 2.78. The van der Waals surface area contributed by atoms with E-state index in [0.717, 1.165) is 28.5 Å². The largest absolute Gasteiger partial charge is 0.303 e. The minimum Gasteiger partial charge on any atom is -0.303 e. The second kappa shape index (κ2) is 5.06. The molecule has 1 aromatic carbocycles. The van der Waals surface area contributed by atoms with Gasteiger partial charge in [0.15, 0.2) is 5.78 Å². The Labute approximate surface area is 96.7 Å². The third-order valence-corrected chi connectivity index (χ3v) is 2.70. The van der Waals surface area contributed by atoms with E-state index in [1.807, 2.05) is 32.9 Å². The topological polar surface area (TPSA) is 34.1 Å². The number of carbonyl (C=O) groups is 2. The van der Waals surface area contributed by atoms with Gasteiger partial charge in [0, 0.05) is 17.9 Å². The minimum absolute atomic E-state index is 0.0644. The highest BCUT2D eigenvalue weighted by Gasteiger charge is 2.15. The molecule has 0 aliphatic heterocycles. The van der Waals surface area contributed by atoms with E-state index >= 15 is 0 Å². The van der Waals surface area contributed by atoms with Crippen molar-refractivity contribution in [2.75, 3.05) is 0 Å². The van der Waals surface area contributed by atoms with Gasteiger partial charge in [0.05, 0.1) is 0 Å². The Bertz CT molecular complexity index is 396. The highest BCUT2D eigenvalue weighted by atomic mass is 16.1. The van der Waals surface area contributed by atoms with Gasteiger partial charge < -0.3 is 4.79 Å². The van der Waals surface area contributed by atoms with Crippen LogP contribution in [0.25, 0.3) is 0 Å². The van der Waals surface area contributed by atoms with E-state index in [0.29, 0.717) is 6.42 Å². The summed E-state index contributed by atoms with van der Waals surface area (Å²) in [7, 11) is 0. The van der Waals surface area contributed by atoms with Gasteiger partial charge in [-0.25, -0.2) is 0 Å². The maximum absolute atomic E-state index is 12.0. The molecule has 0 spiro atoms. The molecule has 16 heavy (non-hydrogen) atoms. The number of ketones is 1. The van der Waals surface area contributed by atoms with Gasteiger partial charge in [-0.1, -0.05) is 24.6 Å². The number of aryl methyl sites for hydroxylation is 3. The van der Waals surface area contributed by atoms with Crippen molar-refractivity contribution >= 4 is 12.1 Å². The smallest absolute Gasteiger partial charge is 0.164 e. The van der Waals surface area contributed by atoms with Gasteiger partial charge in [-0.3, -0.25) is 4.79 Å². The highest BCUT2D eigenvalue weighted by Crippen LogP contribution is 2.19. The summed E-state index contributed by atoms with van der Waals surface area (Å²) in [5.41, 5.74) is 3.94. The first-order chi connectivity index (χ1) is 7.45. The van der Waals surface area contributed by atoms with Gasteiger partial charge in [-0.15, -0.1) is 0 Å². The molecule has 86 valence electrons. The van der Waals surface area contributed by atoms with Crippen molar-refractivity contribution in [2.24, 2.45) is 5.92 Å². The van der Waals surface area contributed by atoms with Gasteiger partial charge in [0.2, 0.25) is 0 Å². The normalized spacial score (nSPS) is 12.2. The molecule has 1 rings (SSSR count). The van der Waals surface area contributed by atoms with Crippen LogP contribution in [-0.2, 0) is 4.79 Å². The molecule has 1 aromatic rings. The summed E-state index contributed by atoms with van der Waals surface area (Å²) in [5.74, 6) is -0.137. The summed E-state index contributed by atoms with van der Waals surface area (Å²) in [6.07, 6.45) is 1.13. The Kier molecular flexibility index (Phi) is 3.99. The van der Waals surface area contributed by atoms with Crippen LogP contribution >= 0.6 is 0 Å². The molecule has 2 nitrogen and oxygen atoms in total. The van der Waals surface area contributed by atoms with E-state index in [2.05, 4.69) is 0 Å². The Morgan fingerprint density at radius 1 is 1.25 bits per heavy atom. The maximum Gasteiger partial charge on any atom is 0.164 e. The summed E-state index contributed by atoms with van der Waals surface area (Å²) < 4.78 is 0. The number of hydrogen-bond donors (Lipinski definition) is 0. The summed E-state index contributed by atoms with van der Waals surface area (Å²) in [5, 5.41) is 0. The third-order valence-electron chi connectivity index (χ3n) is 2.70. The molecule has 0 N–H and O–H groups in total. The van der Waals surface area contributed by atoms with Crippen molar-refractivity contribution in [3.05, 3.63) is 34.4 Å². The molecule has 0 amide bonds. The summed E-state index contributed by atoms with van der Waals surface area (Å²) in [4.78, 5) is 22.6. The van der Waals surface area contributed by atoms with Crippen molar-refractivity contribution in [1.29, 1.82) is 0 Å². The van der Waals surface area contributed by atoms with Crippen LogP contribution in [0.4, 0.5) is 0 Å². The summed E-state index contributed by atoms with van der Waals surface area (Å²) >= 11 is 0. The molecule has 0 saturated heterocycles. The second-order valence-corrected chi connectivity index (χ2v) is 4.51. The molecular formula is C14H18O2. The van der Waals surface area contributed by atoms with Crippen LogP contribution in [0.1, 0.15) is 40.4 Å². The lowest BCUT2D eigenvalue weighted by atomic mass is 9.92. The van der Waals surface area contributed by atoms with Crippen LogP contribution in [0, 0.1) is 26.7 Å². The van der Waals surface area contributed by atoms with E-state index in [4.69, 9.17) is 0 Å². The SMILES string of the molecule is Cc1cc(C)c(C(=O)CC(C)C=O)c(C)c1. The zero-order chi connectivity index (χ0) is 12.3. The number of hydrogen-bond acceptors (Lipinski definition) is 2. The van der Waals surface area contributed by atoms with E-state index in [1.165, 1.54) is 0 Å². The van der Waals surface area contributed by atoms with E-state index in [9.17, 15) is 9.59 Å². The maximum atomic E-state index is 12.0. The Morgan fingerprint density at radius 2 is 1.75 bits per heavy atom. The molecule has 0 aliphatic rings. The fraction of sp³-hybridized carbons (Fsp3) is 0.429. The molecule has 0 fully saturated rings. The lowest BCUT2D eigenvalue weighted by Gasteiger charge is -2.11. The molecule has 0 aliphatic carbocycles. The minimum atomic E-state index is -0.201. The van der Waals surface area contributed by atoms with E-state index in [1.54, 1.807) is 6.92 Å². The van der Waals surface area contributed by atoms with Gasteiger partial charge >= 0.3 is 0 Å². The first-order valence-corrected chi connectivity index (χ1v) is 5.52. The Balaban J connectivity index is 3.04. The average Bonchev–Trinajstić information content (AvgIpc) is 2.15. The summed E-state index contributed by atoms with van der Waals surface area (Å²) in [6.45, 7) is 7.67. The molecule has 1 atom stereocenters. The van der Waals surface area contributed by atoms with Crippen molar-refractivity contribution in [1.82, 2.24) is 0 Å². The molecule has 0 saturated carbocycles. The van der Waals surface area contributed by atoms with Gasteiger partial charge in [-0.05, 0) is 31.9 Å². The fourth-order valence-corrected chi connectivity index (χ4v) is 2.06. The van der Waals surface area contributed by atoms with Gasteiger partial charge in [0.1, 0.15) is 6.29 Å².